The van der Waals surface area contributed by atoms with Gasteiger partial charge in [0.05, 0.1) is 0 Å². The van der Waals surface area contributed by atoms with E-state index in [4.69, 9.17) is 9.84 Å². The lowest BCUT2D eigenvalue weighted by Crippen LogP contribution is -2.42. The molecular formula is C15H23NO4. The Labute approximate surface area is 119 Å². The van der Waals surface area contributed by atoms with Gasteiger partial charge in [-0.15, -0.1) is 0 Å². The highest BCUT2D eigenvalue weighted by Crippen LogP contribution is 2.08. The average molecular weight is 281 g/mol. The highest BCUT2D eigenvalue weighted by molar-refractivity contribution is 5.73. The molecule has 5 heteroatoms. The van der Waals surface area contributed by atoms with Crippen molar-refractivity contribution < 1.29 is 19.7 Å². The summed E-state index contributed by atoms with van der Waals surface area (Å²) >= 11 is 0. The molecule has 0 radical (unpaired) electrons. The SMILES string of the molecule is CCCC[C@H](NC[C@H](O)COc1ccccc1)C(=O)O. The molecule has 3 N–H and O–H groups in total. The van der Waals surface area contributed by atoms with Crippen molar-refractivity contribution in [2.24, 2.45) is 0 Å². The van der Waals surface area contributed by atoms with Crippen LogP contribution in [0.4, 0.5) is 0 Å². The summed E-state index contributed by atoms with van der Waals surface area (Å²) in [6.07, 6.45) is 1.63. The van der Waals surface area contributed by atoms with Crippen LogP contribution < -0.4 is 10.1 Å². The second-order valence-electron chi connectivity index (χ2n) is 4.72. The van der Waals surface area contributed by atoms with Crippen LogP contribution in [0.3, 0.4) is 0 Å². The summed E-state index contributed by atoms with van der Waals surface area (Å²) in [7, 11) is 0. The molecule has 0 aliphatic heterocycles. The number of ether oxygens (including phenoxy) is 1. The van der Waals surface area contributed by atoms with Crippen molar-refractivity contribution >= 4 is 5.97 Å². The lowest BCUT2D eigenvalue weighted by molar-refractivity contribution is -0.139. The molecule has 2 atom stereocenters. The Morgan fingerprint density at radius 1 is 1.35 bits per heavy atom. The molecule has 1 aromatic carbocycles. The number of hydrogen-bond donors (Lipinski definition) is 3. The van der Waals surface area contributed by atoms with E-state index in [0.29, 0.717) is 12.2 Å². The molecule has 1 rings (SSSR count). The number of aliphatic hydroxyl groups is 1. The van der Waals surface area contributed by atoms with Crippen molar-refractivity contribution in [2.75, 3.05) is 13.2 Å². The monoisotopic (exact) mass is 281 g/mol. The first-order valence-corrected chi connectivity index (χ1v) is 6.95. The molecule has 0 aliphatic rings. The van der Waals surface area contributed by atoms with E-state index in [2.05, 4.69) is 5.32 Å². The third-order valence-corrected chi connectivity index (χ3v) is 2.93. The van der Waals surface area contributed by atoms with E-state index in [1.807, 2.05) is 25.1 Å². The van der Waals surface area contributed by atoms with Crippen molar-refractivity contribution in [1.29, 1.82) is 0 Å². The molecule has 1 aromatic rings. The molecule has 0 saturated carbocycles. The quantitative estimate of drug-likeness (QED) is 0.608. The largest absolute Gasteiger partial charge is 0.491 e. The summed E-state index contributed by atoms with van der Waals surface area (Å²) in [5.74, 6) is -0.193. The predicted molar refractivity (Wildman–Crippen MR) is 76.9 cm³/mol. The Bertz CT molecular complexity index is 383. The topological polar surface area (TPSA) is 78.8 Å². The second-order valence-corrected chi connectivity index (χ2v) is 4.72. The van der Waals surface area contributed by atoms with Crippen LogP contribution in [0.2, 0.25) is 0 Å². The molecule has 0 heterocycles. The minimum absolute atomic E-state index is 0.136. The number of benzene rings is 1. The summed E-state index contributed by atoms with van der Waals surface area (Å²) in [6.45, 7) is 2.35. The summed E-state index contributed by atoms with van der Waals surface area (Å²) in [5, 5.41) is 21.7. The lowest BCUT2D eigenvalue weighted by atomic mass is 10.1. The van der Waals surface area contributed by atoms with Crippen molar-refractivity contribution in [3.63, 3.8) is 0 Å². The first-order valence-electron chi connectivity index (χ1n) is 6.95. The standard InChI is InChI=1S/C15H23NO4/c1-2-3-9-14(15(18)19)16-10-12(17)11-20-13-7-5-4-6-8-13/h4-8,12,14,16-17H,2-3,9-11H2,1H3,(H,18,19)/t12-,14-/m0/s1. The van der Waals surface area contributed by atoms with E-state index in [9.17, 15) is 9.90 Å². The van der Waals surface area contributed by atoms with Crippen LogP contribution in [0.1, 0.15) is 26.2 Å². The number of hydrogen-bond acceptors (Lipinski definition) is 4. The normalized spacial score (nSPS) is 13.7. The Hall–Kier alpha value is -1.59. The van der Waals surface area contributed by atoms with Gasteiger partial charge < -0.3 is 20.3 Å². The minimum atomic E-state index is -0.880. The van der Waals surface area contributed by atoms with Crippen molar-refractivity contribution in [3.8, 4) is 5.75 Å². The van der Waals surface area contributed by atoms with Gasteiger partial charge >= 0.3 is 5.97 Å². The van der Waals surface area contributed by atoms with Crippen LogP contribution in [0.25, 0.3) is 0 Å². The third-order valence-electron chi connectivity index (χ3n) is 2.93. The van der Waals surface area contributed by atoms with E-state index >= 15 is 0 Å². The number of carboxylic acid groups (broad SMARTS) is 1. The van der Waals surface area contributed by atoms with E-state index in [1.54, 1.807) is 12.1 Å². The molecule has 20 heavy (non-hydrogen) atoms. The summed E-state index contributed by atoms with van der Waals surface area (Å²) in [6, 6.07) is 8.59. The van der Waals surface area contributed by atoms with Gasteiger partial charge in [-0.3, -0.25) is 4.79 Å². The number of carboxylic acids is 1. The molecule has 0 amide bonds. The molecular weight excluding hydrogens is 258 g/mol. The fourth-order valence-electron chi connectivity index (χ4n) is 1.77. The zero-order valence-corrected chi connectivity index (χ0v) is 11.8. The van der Waals surface area contributed by atoms with Gasteiger partial charge in [0.2, 0.25) is 0 Å². The van der Waals surface area contributed by atoms with Crippen molar-refractivity contribution in [1.82, 2.24) is 5.32 Å². The van der Waals surface area contributed by atoms with Gasteiger partial charge in [0.15, 0.2) is 0 Å². The number of rotatable bonds is 10. The number of aliphatic hydroxyl groups excluding tert-OH is 1. The first kappa shape index (κ1) is 16.5. The number of carbonyl (C=O) groups is 1. The fraction of sp³-hybridized carbons (Fsp3) is 0.533. The Morgan fingerprint density at radius 2 is 2.05 bits per heavy atom. The maximum Gasteiger partial charge on any atom is 0.320 e. The molecule has 0 unspecified atom stereocenters. The Morgan fingerprint density at radius 3 is 2.65 bits per heavy atom. The molecule has 0 fully saturated rings. The smallest absolute Gasteiger partial charge is 0.320 e. The second kappa shape index (κ2) is 9.34. The maximum absolute atomic E-state index is 11.0. The van der Waals surface area contributed by atoms with Crippen molar-refractivity contribution in [2.45, 2.75) is 38.3 Å². The minimum Gasteiger partial charge on any atom is -0.491 e. The summed E-state index contributed by atoms with van der Waals surface area (Å²) in [5.41, 5.74) is 0. The van der Waals surface area contributed by atoms with Gasteiger partial charge in [0.1, 0.15) is 24.5 Å². The van der Waals surface area contributed by atoms with Gasteiger partial charge in [-0.2, -0.15) is 0 Å². The lowest BCUT2D eigenvalue weighted by Gasteiger charge is -2.17. The molecule has 5 nitrogen and oxygen atoms in total. The van der Waals surface area contributed by atoms with Crippen molar-refractivity contribution in [3.05, 3.63) is 30.3 Å². The molecule has 0 spiro atoms. The van der Waals surface area contributed by atoms with E-state index < -0.39 is 18.1 Å². The molecule has 0 aromatic heterocycles. The van der Waals surface area contributed by atoms with Crippen LogP contribution in [0.15, 0.2) is 30.3 Å². The number of nitrogens with one attached hydrogen (secondary N) is 1. The van der Waals surface area contributed by atoms with Gasteiger partial charge in [-0.25, -0.2) is 0 Å². The number of para-hydroxylation sites is 1. The zero-order chi connectivity index (χ0) is 14.8. The summed E-state index contributed by atoms with van der Waals surface area (Å²) < 4.78 is 5.40. The van der Waals surface area contributed by atoms with E-state index in [-0.39, 0.29) is 13.2 Å². The highest BCUT2D eigenvalue weighted by Gasteiger charge is 2.17. The number of aliphatic carboxylic acids is 1. The maximum atomic E-state index is 11.0. The average Bonchev–Trinajstić information content (AvgIpc) is 2.46. The number of unbranched alkanes of at least 4 members (excludes halogenated alkanes) is 1. The van der Waals surface area contributed by atoms with Crippen LogP contribution in [-0.4, -0.2) is 41.5 Å². The molecule has 0 aliphatic carbocycles. The van der Waals surface area contributed by atoms with Crippen LogP contribution in [-0.2, 0) is 4.79 Å². The zero-order valence-electron chi connectivity index (χ0n) is 11.8. The molecule has 0 bridgehead atoms. The Kier molecular flexibility index (Phi) is 7.69. The molecule has 112 valence electrons. The van der Waals surface area contributed by atoms with Gasteiger partial charge in [0, 0.05) is 6.54 Å². The highest BCUT2D eigenvalue weighted by atomic mass is 16.5. The summed E-state index contributed by atoms with van der Waals surface area (Å²) in [4.78, 5) is 11.0. The van der Waals surface area contributed by atoms with E-state index in [0.717, 1.165) is 12.8 Å². The van der Waals surface area contributed by atoms with E-state index in [1.165, 1.54) is 0 Å². The van der Waals surface area contributed by atoms with Gasteiger partial charge in [-0.05, 0) is 18.6 Å². The third kappa shape index (κ3) is 6.54. The van der Waals surface area contributed by atoms with Gasteiger partial charge in [-0.1, -0.05) is 38.0 Å². The van der Waals surface area contributed by atoms with Crippen LogP contribution in [0.5, 0.6) is 5.75 Å². The molecule has 0 saturated heterocycles. The predicted octanol–water partition coefficient (Wildman–Crippen LogP) is 1.66. The van der Waals surface area contributed by atoms with Gasteiger partial charge in [0.25, 0.3) is 0 Å². The Balaban J connectivity index is 2.27. The van der Waals surface area contributed by atoms with Crippen LogP contribution >= 0.6 is 0 Å². The first-order chi connectivity index (χ1) is 9.63. The fourth-order valence-corrected chi connectivity index (χ4v) is 1.77. The van der Waals surface area contributed by atoms with Crippen LogP contribution in [0, 0.1) is 0 Å².